The number of hydrogen-bond acceptors (Lipinski definition) is 4. The molecule has 0 fully saturated rings. The summed E-state index contributed by atoms with van der Waals surface area (Å²) in [4.78, 5) is 28.4. The average molecular weight is 252 g/mol. The SMILES string of the molecule is Cc1cc2c(=O)n(CCCC(=O)O)cnc2s1. The first kappa shape index (κ1) is 11.8. The molecule has 2 aromatic rings. The number of thiophene rings is 1. The van der Waals surface area contributed by atoms with Crippen molar-refractivity contribution in [2.24, 2.45) is 0 Å². The molecule has 6 heteroatoms. The zero-order valence-corrected chi connectivity index (χ0v) is 10.2. The molecule has 2 aromatic heterocycles. The van der Waals surface area contributed by atoms with Crippen LogP contribution in [0.3, 0.4) is 0 Å². The number of rotatable bonds is 4. The first-order valence-electron chi connectivity index (χ1n) is 5.25. The highest BCUT2D eigenvalue weighted by molar-refractivity contribution is 7.18. The maximum absolute atomic E-state index is 12.0. The summed E-state index contributed by atoms with van der Waals surface area (Å²) in [5, 5.41) is 9.15. The fraction of sp³-hybridized carbons (Fsp3) is 0.364. The molecular weight excluding hydrogens is 240 g/mol. The second-order valence-corrected chi connectivity index (χ2v) is 5.05. The fourth-order valence-electron chi connectivity index (χ4n) is 1.64. The Bertz CT molecular complexity index is 615. The van der Waals surface area contributed by atoms with E-state index in [0.717, 1.165) is 9.71 Å². The lowest BCUT2D eigenvalue weighted by molar-refractivity contribution is -0.137. The third-order valence-corrected chi connectivity index (χ3v) is 3.39. The van der Waals surface area contributed by atoms with Crippen molar-refractivity contribution in [1.29, 1.82) is 0 Å². The van der Waals surface area contributed by atoms with E-state index in [1.807, 2.05) is 13.0 Å². The van der Waals surface area contributed by atoms with Gasteiger partial charge in [0.15, 0.2) is 0 Å². The summed E-state index contributed by atoms with van der Waals surface area (Å²) in [6.45, 7) is 2.32. The monoisotopic (exact) mass is 252 g/mol. The van der Waals surface area contributed by atoms with Crippen LogP contribution in [0.2, 0.25) is 0 Å². The van der Waals surface area contributed by atoms with Crippen molar-refractivity contribution in [3.63, 3.8) is 0 Å². The van der Waals surface area contributed by atoms with Crippen molar-refractivity contribution in [2.45, 2.75) is 26.3 Å². The zero-order valence-electron chi connectivity index (χ0n) is 9.34. The molecule has 1 N–H and O–H groups in total. The third kappa shape index (κ3) is 2.52. The van der Waals surface area contributed by atoms with Gasteiger partial charge in [-0.05, 0) is 19.4 Å². The van der Waals surface area contributed by atoms with Crippen LogP contribution in [0.1, 0.15) is 17.7 Å². The summed E-state index contributed by atoms with van der Waals surface area (Å²) in [5.74, 6) is -0.849. The van der Waals surface area contributed by atoms with E-state index in [1.54, 1.807) is 0 Å². The molecule has 0 unspecified atom stereocenters. The van der Waals surface area contributed by atoms with Crippen LogP contribution in [0.25, 0.3) is 10.2 Å². The number of carboxylic acid groups (broad SMARTS) is 1. The molecule has 2 heterocycles. The number of nitrogens with zero attached hydrogens (tertiary/aromatic N) is 2. The van der Waals surface area contributed by atoms with Crippen molar-refractivity contribution in [1.82, 2.24) is 9.55 Å². The number of aliphatic carboxylic acids is 1. The Morgan fingerprint density at radius 1 is 1.59 bits per heavy atom. The quantitative estimate of drug-likeness (QED) is 0.897. The van der Waals surface area contributed by atoms with Crippen LogP contribution in [0, 0.1) is 6.92 Å². The number of aryl methyl sites for hydroxylation is 2. The lowest BCUT2D eigenvalue weighted by Gasteiger charge is -2.03. The molecule has 0 saturated heterocycles. The van der Waals surface area contributed by atoms with Crippen LogP contribution in [0.5, 0.6) is 0 Å². The number of hydrogen-bond donors (Lipinski definition) is 1. The van der Waals surface area contributed by atoms with Crippen LogP contribution in [0.4, 0.5) is 0 Å². The number of carboxylic acids is 1. The highest BCUT2D eigenvalue weighted by Crippen LogP contribution is 2.19. The van der Waals surface area contributed by atoms with E-state index in [2.05, 4.69) is 4.98 Å². The van der Waals surface area contributed by atoms with Gasteiger partial charge in [-0.15, -0.1) is 11.3 Å². The number of carbonyl (C=O) groups is 1. The van der Waals surface area contributed by atoms with E-state index in [1.165, 1.54) is 22.2 Å². The molecule has 0 spiro atoms. The van der Waals surface area contributed by atoms with Crippen molar-refractivity contribution in [2.75, 3.05) is 0 Å². The molecule has 17 heavy (non-hydrogen) atoms. The lowest BCUT2D eigenvalue weighted by atomic mass is 10.3. The first-order valence-corrected chi connectivity index (χ1v) is 6.07. The van der Waals surface area contributed by atoms with Gasteiger partial charge in [-0.1, -0.05) is 0 Å². The Kier molecular flexibility index (Phi) is 3.23. The Balaban J connectivity index is 2.26. The molecule has 0 aliphatic heterocycles. The van der Waals surface area contributed by atoms with Gasteiger partial charge >= 0.3 is 5.97 Å². The average Bonchev–Trinajstić information content (AvgIpc) is 2.63. The molecule has 0 atom stereocenters. The van der Waals surface area contributed by atoms with Gasteiger partial charge in [0.1, 0.15) is 4.83 Å². The van der Waals surface area contributed by atoms with Crippen LogP contribution >= 0.6 is 11.3 Å². The molecule has 90 valence electrons. The van der Waals surface area contributed by atoms with E-state index in [9.17, 15) is 9.59 Å². The molecule has 2 rings (SSSR count). The van der Waals surface area contributed by atoms with Crippen molar-refractivity contribution in [3.05, 3.63) is 27.6 Å². The van der Waals surface area contributed by atoms with Gasteiger partial charge in [0.05, 0.1) is 11.7 Å². The molecule has 0 amide bonds. The maximum atomic E-state index is 12.0. The molecule has 0 aliphatic rings. The Labute approximate surface area is 101 Å². The van der Waals surface area contributed by atoms with Gasteiger partial charge in [-0.25, -0.2) is 4.98 Å². The highest BCUT2D eigenvalue weighted by Gasteiger charge is 2.07. The first-order chi connectivity index (χ1) is 8.08. The number of fused-ring (bicyclic) bond motifs is 1. The minimum Gasteiger partial charge on any atom is -0.481 e. The standard InChI is InChI=1S/C11H12N2O3S/c1-7-5-8-10(17-7)12-6-13(11(8)16)4-2-3-9(14)15/h5-6H,2-4H2,1H3,(H,14,15). The van der Waals surface area contributed by atoms with Crippen LogP contribution < -0.4 is 5.56 Å². The van der Waals surface area contributed by atoms with Crippen LogP contribution in [0.15, 0.2) is 17.2 Å². The largest absolute Gasteiger partial charge is 0.481 e. The van der Waals surface area contributed by atoms with Gasteiger partial charge in [0, 0.05) is 17.8 Å². The summed E-state index contributed by atoms with van der Waals surface area (Å²) in [5.41, 5.74) is -0.0928. The number of aromatic nitrogens is 2. The summed E-state index contributed by atoms with van der Waals surface area (Å²) < 4.78 is 1.47. The van der Waals surface area contributed by atoms with Crippen molar-refractivity contribution >= 4 is 27.5 Å². The van der Waals surface area contributed by atoms with Crippen LogP contribution in [-0.2, 0) is 11.3 Å². The Morgan fingerprint density at radius 2 is 2.35 bits per heavy atom. The predicted octanol–water partition coefficient (Wildman–Crippen LogP) is 1.63. The van der Waals surface area contributed by atoms with Crippen LogP contribution in [-0.4, -0.2) is 20.6 Å². The second kappa shape index (κ2) is 4.67. The Morgan fingerprint density at radius 3 is 3.06 bits per heavy atom. The van der Waals surface area contributed by atoms with Crippen molar-refractivity contribution in [3.8, 4) is 0 Å². The second-order valence-electron chi connectivity index (χ2n) is 3.82. The minimum absolute atomic E-state index is 0.0626. The topological polar surface area (TPSA) is 72.2 Å². The molecule has 0 radical (unpaired) electrons. The van der Waals surface area contributed by atoms with Crippen molar-refractivity contribution < 1.29 is 9.90 Å². The summed E-state index contributed by atoms with van der Waals surface area (Å²) in [7, 11) is 0. The van der Waals surface area contributed by atoms with Gasteiger partial charge in [0.25, 0.3) is 5.56 Å². The van der Waals surface area contributed by atoms with Gasteiger partial charge in [-0.3, -0.25) is 14.2 Å². The third-order valence-electron chi connectivity index (χ3n) is 2.43. The summed E-state index contributed by atoms with van der Waals surface area (Å²) >= 11 is 1.49. The molecule has 0 saturated carbocycles. The Hall–Kier alpha value is -1.69. The zero-order chi connectivity index (χ0) is 12.4. The van der Waals surface area contributed by atoms with E-state index in [-0.39, 0.29) is 12.0 Å². The maximum Gasteiger partial charge on any atom is 0.303 e. The smallest absolute Gasteiger partial charge is 0.303 e. The minimum atomic E-state index is -0.849. The molecule has 5 nitrogen and oxygen atoms in total. The fourth-order valence-corrected chi connectivity index (χ4v) is 2.48. The molecule has 0 aromatic carbocycles. The normalized spacial score (nSPS) is 10.9. The van der Waals surface area contributed by atoms with E-state index >= 15 is 0 Å². The lowest BCUT2D eigenvalue weighted by Crippen LogP contribution is -2.20. The van der Waals surface area contributed by atoms with E-state index in [4.69, 9.17) is 5.11 Å². The van der Waals surface area contributed by atoms with Gasteiger partial charge < -0.3 is 5.11 Å². The van der Waals surface area contributed by atoms with Gasteiger partial charge in [-0.2, -0.15) is 0 Å². The highest BCUT2D eigenvalue weighted by atomic mass is 32.1. The van der Waals surface area contributed by atoms with E-state index < -0.39 is 5.97 Å². The summed E-state index contributed by atoms with van der Waals surface area (Å²) in [6, 6.07) is 1.82. The van der Waals surface area contributed by atoms with E-state index in [0.29, 0.717) is 18.4 Å². The molecule has 0 aliphatic carbocycles. The molecular formula is C11H12N2O3S. The molecule has 0 bridgehead atoms. The summed E-state index contributed by atoms with van der Waals surface area (Å²) in [6.07, 6.45) is 1.99. The van der Waals surface area contributed by atoms with Gasteiger partial charge in [0.2, 0.25) is 0 Å². The predicted molar refractivity (Wildman–Crippen MR) is 65.5 cm³/mol.